The third-order valence-electron chi connectivity index (χ3n) is 5.61. The van der Waals surface area contributed by atoms with E-state index in [0.29, 0.717) is 42.0 Å². The van der Waals surface area contributed by atoms with Gasteiger partial charge >= 0.3 is 0 Å². The normalized spacial score (nSPS) is 20.7. The monoisotopic (exact) mass is 402 g/mol. The smallest absolute Gasteiger partial charge is 0.260 e. The number of Topliss-reactive ketones (excluding diaryl/α,β-unsaturated/α-hetero) is 1. The van der Waals surface area contributed by atoms with Gasteiger partial charge in [-0.25, -0.2) is 13.2 Å². The first-order chi connectivity index (χ1) is 13.8. The zero-order valence-electron chi connectivity index (χ0n) is 16.0. The van der Waals surface area contributed by atoms with Crippen molar-refractivity contribution in [2.24, 2.45) is 5.92 Å². The van der Waals surface area contributed by atoms with Crippen LogP contribution in [-0.2, 0) is 11.2 Å². The SMILES string of the molecule is C[C@@H](CC(=O)c1ccc(F)cc1)c1ccc2c(n1)CCCN2C(=O)[C@H]1CC1(F)F. The van der Waals surface area contributed by atoms with Gasteiger partial charge in [0.15, 0.2) is 5.78 Å². The lowest BCUT2D eigenvalue weighted by Gasteiger charge is -2.29. The quantitative estimate of drug-likeness (QED) is 0.691. The average Bonchev–Trinajstić information content (AvgIpc) is 3.35. The highest BCUT2D eigenvalue weighted by molar-refractivity contribution is 5.98. The Balaban J connectivity index is 1.49. The zero-order chi connectivity index (χ0) is 20.8. The number of benzene rings is 1. The van der Waals surface area contributed by atoms with E-state index in [1.165, 1.54) is 29.2 Å². The minimum atomic E-state index is -2.89. The number of carbonyl (C=O) groups is 2. The fourth-order valence-electron chi connectivity index (χ4n) is 3.77. The van der Waals surface area contributed by atoms with Crippen molar-refractivity contribution in [3.8, 4) is 0 Å². The van der Waals surface area contributed by atoms with Gasteiger partial charge in [0.05, 0.1) is 11.4 Å². The summed E-state index contributed by atoms with van der Waals surface area (Å²) in [6.07, 6.45) is 1.16. The van der Waals surface area contributed by atoms with E-state index < -0.39 is 23.6 Å². The number of anilines is 1. The van der Waals surface area contributed by atoms with Crippen LogP contribution in [0.25, 0.3) is 0 Å². The highest BCUT2D eigenvalue weighted by Crippen LogP contribution is 2.50. The molecule has 1 aromatic carbocycles. The van der Waals surface area contributed by atoms with Gasteiger partial charge in [-0.3, -0.25) is 14.6 Å². The number of amides is 1. The van der Waals surface area contributed by atoms with Gasteiger partial charge in [0.2, 0.25) is 5.91 Å². The van der Waals surface area contributed by atoms with E-state index in [-0.39, 0.29) is 24.5 Å². The molecule has 0 radical (unpaired) electrons. The van der Waals surface area contributed by atoms with E-state index in [9.17, 15) is 22.8 Å². The fourth-order valence-corrected chi connectivity index (χ4v) is 3.77. The molecule has 0 unspecified atom stereocenters. The molecule has 4 rings (SSSR count). The molecule has 1 aromatic heterocycles. The Morgan fingerprint density at radius 1 is 1.21 bits per heavy atom. The third kappa shape index (κ3) is 3.91. The average molecular weight is 402 g/mol. The summed E-state index contributed by atoms with van der Waals surface area (Å²) >= 11 is 0. The Kier molecular flexibility index (Phi) is 4.92. The summed E-state index contributed by atoms with van der Waals surface area (Å²) in [4.78, 5) is 30.9. The molecule has 2 aromatic rings. The number of rotatable bonds is 5. The molecule has 0 saturated heterocycles. The summed E-state index contributed by atoms with van der Waals surface area (Å²) in [7, 11) is 0. The molecule has 1 saturated carbocycles. The molecule has 1 aliphatic carbocycles. The van der Waals surface area contributed by atoms with Crippen LogP contribution in [0.1, 0.15) is 53.8 Å². The maximum atomic E-state index is 13.3. The Labute approximate surface area is 166 Å². The Morgan fingerprint density at radius 3 is 2.55 bits per heavy atom. The minimum absolute atomic E-state index is 0.107. The van der Waals surface area contributed by atoms with Crippen molar-refractivity contribution in [3.05, 3.63) is 59.2 Å². The van der Waals surface area contributed by atoms with Crippen molar-refractivity contribution in [1.82, 2.24) is 4.98 Å². The maximum Gasteiger partial charge on any atom is 0.260 e. The van der Waals surface area contributed by atoms with Gasteiger partial charge in [-0.15, -0.1) is 0 Å². The number of aromatic nitrogens is 1. The summed E-state index contributed by atoms with van der Waals surface area (Å²) < 4.78 is 39.7. The summed E-state index contributed by atoms with van der Waals surface area (Å²) in [5, 5.41) is 0. The zero-order valence-corrected chi connectivity index (χ0v) is 16.0. The Morgan fingerprint density at radius 2 is 1.90 bits per heavy atom. The van der Waals surface area contributed by atoms with Crippen LogP contribution in [0, 0.1) is 11.7 Å². The van der Waals surface area contributed by atoms with Crippen molar-refractivity contribution >= 4 is 17.4 Å². The van der Waals surface area contributed by atoms with Gasteiger partial charge in [0.1, 0.15) is 11.7 Å². The fraction of sp³-hybridized carbons (Fsp3) is 0.409. The maximum absolute atomic E-state index is 13.3. The molecular weight excluding hydrogens is 381 g/mol. The molecule has 1 fully saturated rings. The Hall–Kier alpha value is -2.70. The number of alkyl halides is 2. The number of pyridine rings is 1. The van der Waals surface area contributed by atoms with Crippen LogP contribution in [0.15, 0.2) is 36.4 Å². The standard InChI is InChI=1S/C22H21F3N2O2/c1-13(11-20(28)14-4-6-15(23)7-5-14)17-8-9-19-18(26-17)3-2-10-27(19)21(29)16-12-22(16,24)25/h4-9,13,16H,2-3,10-12H2,1H3/t13-,16+/m0/s1. The number of nitrogens with zero attached hydrogens (tertiary/aromatic N) is 2. The first kappa shape index (κ1) is 19.6. The van der Waals surface area contributed by atoms with E-state index in [1.54, 1.807) is 12.1 Å². The highest BCUT2D eigenvalue weighted by Gasteiger charge is 2.62. The van der Waals surface area contributed by atoms with Crippen LogP contribution >= 0.6 is 0 Å². The largest absolute Gasteiger partial charge is 0.310 e. The second kappa shape index (κ2) is 7.28. The van der Waals surface area contributed by atoms with E-state index in [2.05, 4.69) is 4.98 Å². The van der Waals surface area contributed by atoms with E-state index in [4.69, 9.17) is 0 Å². The van der Waals surface area contributed by atoms with Crippen LogP contribution in [-0.4, -0.2) is 29.1 Å². The third-order valence-corrected chi connectivity index (χ3v) is 5.61. The number of fused-ring (bicyclic) bond motifs is 1. The van der Waals surface area contributed by atoms with Gasteiger partial charge in [0.25, 0.3) is 5.92 Å². The first-order valence-corrected chi connectivity index (χ1v) is 9.74. The van der Waals surface area contributed by atoms with Crippen LogP contribution in [0.2, 0.25) is 0 Å². The lowest BCUT2D eigenvalue weighted by molar-refractivity contribution is -0.121. The molecule has 1 aliphatic heterocycles. The lowest BCUT2D eigenvalue weighted by Crippen LogP contribution is -2.38. The second-order valence-corrected chi connectivity index (χ2v) is 7.85. The molecule has 2 aliphatic rings. The minimum Gasteiger partial charge on any atom is -0.310 e. The van der Waals surface area contributed by atoms with Crippen molar-refractivity contribution in [1.29, 1.82) is 0 Å². The molecule has 0 spiro atoms. The van der Waals surface area contributed by atoms with Crippen LogP contribution in [0.5, 0.6) is 0 Å². The Bertz CT molecular complexity index is 959. The molecule has 0 bridgehead atoms. The van der Waals surface area contributed by atoms with Crippen molar-refractivity contribution in [2.45, 2.75) is 44.4 Å². The number of carbonyl (C=O) groups excluding carboxylic acids is 2. The van der Waals surface area contributed by atoms with E-state index in [1.807, 2.05) is 6.92 Å². The number of halogens is 3. The summed E-state index contributed by atoms with van der Waals surface area (Å²) in [5.41, 5.74) is 2.44. The van der Waals surface area contributed by atoms with Gasteiger partial charge in [-0.2, -0.15) is 0 Å². The number of hydrogen-bond acceptors (Lipinski definition) is 3. The summed E-state index contributed by atoms with van der Waals surface area (Å²) in [6.45, 7) is 2.30. The molecule has 4 nitrogen and oxygen atoms in total. The van der Waals surface area contributed by atoms with Gasteiger partial charge in [0, 0.05) is 36.6 Å². The van der Waals surface area contributed by atoms with E-state index >= 15 is 0 Å². The van der Waals surface area contributed by atoms with Gasteiger partial charge in [-0.05, 0) is 49.2 Å². The van der Waals surface area contributed by atoms with Crippen LogP contribution in [0.4, 0.5) is 18.9 Å². The summed E-state index contributed by atoms with van der Waals surface area (Å²) in [6, 6.07) is 8.92. The molecule has 2 atom stereocenters. The predicted octanol–water partition coefficient (Wildman–Crippen LogP) is 4.53. The molecule has 152 valence electrons. The van der Waals surface area contributed by atoms with Crippen molar-refractivity contribution < 1.29 is 22.8 Å². The molecule has 29 heavy (non-hydrogen) atoms. The van der Waals surface area contributed by atoms with E-state index in [0.717, 1.165) is 0 Å². The molecule has 1 amide bonds. The van der Waals surface area contributed by atoms with Crippen molar-refractivity contribution in [2.75, 3.05) is 11.4 Å². The molecule has 0 N–H and O–H groups in total. The highest BCUT2D eigenvalue weighted by atomic mass is 19.3. The molecule has 2 heterocycles. The van der Waals surface area contributed by atoms with Crippen molar-refractivity contribution in [3.63, 3.8) is 0 Å². The molecule has 7 heteroatoms. The summed E-state index contributed by atoms with van der Waals surface area (Å²) in [5.74, 6) is -5.32. The van der Waals surface area contributed by atoms with Crippen LogP contribution < -0.4 is 4.90 Å². The van der Waals surface area contributed by atoms with Gasteiger partial charge < -0.3 is 4.90 Å². The number of aryl methyl sites for hydroxylation is 1. The first-order valence-electron chi connectivity index (χ1n) is 9.74. The predicted molar refractivity (Wildman–Crippen MR) is 102 cm³/mol. The second-order valence-electron chi connectivity index (χ2n) is 7.85. The molecular formula is C22H21F3N2O2. The number of hydrogen-bond donors (Lipinski definition) is 0. The topological polar surface area (TPSA) is 50.3 Å². The lowest BCUT2D eigenvalue weighted by atomic mass is 9.95. The number of ketones is 1. The van der Waals surface area contributed by atoms with Crippen LogP contribution in [0.3, 0.4) is 0 Å². The van der Waals surface area contributed by atoms with Gasteiger partial charge in [-0.1, -0.05) is 6.92 Å².